The van der Waals surface area contributed by atoms with E-state index in [0.29, 0.717) is 11.4 Å². The summed E-state index contributed by atoms with van der Waals surface area (Å²) in [6.45, 7) is 5.01. The normalized spacial score (nSPS) is 17.2. The molecule has 35 heavy (non-hydrogen) atoms. The van der Waals surface area contributed by atoms with Gasteiger partial charge in [-0.05, 0) is 80.9 Å². The maximum absolute atomic E-state index is 13.8. The molecule has 1 atom stereocenters. The standard InChI is InChI=1S/C27H23FN2O5/c1-15(2)35-27(34)17-7-10-19(11-8-17)30-23(21-6-4-5-13-29-21)22(25(32)26(30)33)24(31)18-9-12-20(28)16(3)14-18/h4-15,23,31H,1-3H3/b24-22-. The summed E-state index contributed by atoms with van der Waals surface area (Å²) in [5.74, 6) is -3.16. The summed E-state index contributed by atoms with van der Waals surface area (Å²) in [7, 11) is 0. The van der Waals surface area contributed by atoms with Crippen LogP contribution < -0.4 is 4.90 Å². The number of anilines is 1. The number of Topliss-reactive ketones (excluding diaryl/α,β-unsaturated/α-hetero) is 1. The monoisotopic (exact) mass is 474 g/mol. The van der Waals surface area contributed by atoms with Crippen molar-refractivity contribution in [1.82, 2.24) is 4.98 Å². The summed E-state index contributed by atoms with van der Waals surface area (Å²) in [6.07, 6.45) is 1.22. The third kappa shape index (κ3) is 4.55. The number of carbonyl (C=O) groups excluding carboxylic acids is 3. The lowest BCUT2D eigenvalue weighted by Gasteiger charge is -2.24. The Morgan fingerprint density at radius 1 is 1.06 bits per heavy atom. The van der Waals surface area contributed by atoms with Gasteiger partial charge in [0.2, 0.25) is 0 Å². The summed E-state index contributed by atoms with van der Waals surface area (Å²) < 4.78 is 19.0. The van der Waals surface area contributed by atoms with Crippen molar-refractivity contribution in [1.29, 1.82) is 0 Å². The van der Waals surface area contributed by atoms with Crippen molar-refractivity contribution in [2.75, 3.05) is 4.90 Å². The zero-order chi connectivity index (χ0) is 25.3. The molecule has 0 aliphatic carbocycles. The number of benzene rings is 2. The Bertz CT molecular complexity index is 1330. The lowest BCUT2D eigenvalue weighted by molar-refractivity contribution is -0.132. The molecule has 0 spiro atoms. The average molecular weight is 474 g/mol. The molecule has 1 aliphatic heterocycles. The largest absolute Gasteiger partial charge is 0.507 e. The zero-order valence-electron chi connectivity index (χ0n) is 19.4. The first kappa shape index (κ1) is 23.8. The number of nitrogens with zero attached hydrogens (tertiary/aromatic N) is 2. The van der Waals surface area contributed by atoms with Gasteiger partial charge in [-0.2, -0.15) is 0 Å². The summed E-state index contributed by atoms with van der Waals surface area (Å²) >= 11 is 0. The fraction of sp³-hybridized carbons (Fsp3) is 0.185. The van der Waals surface area contributed by atoms with E-state index < -0.39 is 35.3 Å². The Morgan fingerprint density at radius 3 is 2.34 bits per heavy atom. The first-order valence-electron chi connectivity index (χ1n) is 11.0. The lowest BCUT2D eigenvalue weighted by Crippen LogP contribution is -2.29. The lowest BCUT2D eigenvalue weighted by atomic mass is 9.97. The highest BCUT2D eigenvalue weighted by atomic mass is 19.1. The molecule has 0 saturated carbocycles. The number of halogens is 1. The summed E-state index contributed by atoms with van der Waals surface area (Å²) in [4.78, 5) is 44.1. The van der Waals surface area contributed by atoms with Gasteiger partial charge in [-0.3, -0.25) is 19.5 Å². The van der Waals surface area contributed by atoms with Gasteiger partial charge in [-0.25, -0.2) is 9.18 Å². The first-order valence-corrected chi connectivity index (χ1v) is 11.0. The van der Waals surface area contributed by atoms with Crippen LogP contribution in [0.15, 0.2) is 72.4 Å². The second-order valence-electron chi connectivity index (χ2n) is 8.39. The number of hydrogen-bond acceptors (Lipinski definition) is 6. The maximum Gasteiger partial charge on any atom is 0.338 e. The van der Waals surface area contributed by atoms with Crippen LogP contribution in [0.4, 0.5) is 10.1 Å². The third-order valence-electron chi connectivity index (χ3n) is 5.57. The van der Waals surface area contributed by atoms with Crippen molar-refractivity contribution in [3.05, 3.63) is 101 Å². The predicted molar refractivity (Wildman–Crippen MR) is 127 cm³/mol. The van der Waals surface area contributed by atoms with Crippen molar-refractivity contribution in [2.45, 2.75) is 32.9 Å². The Kier molecular flexibility index (Phi) is 6.46. The van der Waals surface area contributed by atoms with E-state index in [4.69, 9.17) is 4.74 Å². The highest BCUT2D eigenvalue weighted by Crippen LogP contribution is 2.41. The topological polar surface area (TPSA) is 96.8 Å². The molecule has 1 fully saturated rings. The van der Waals surface area contributed by atoms with Gasteiger partial charge in [-0.15, -0.1) is 0 Å². The van der Waals surface area contributed by atoms with Gasteiger partial charge in [-0.1, -0.05) is 6.07 Å². The number of rotatable bonds is 5. The van der Waals surface area contributed by atoms with Gasteiger partial charge < -0.3 is 9.84 Å². The van der Waals surface area contributed by atoms with Crippen LogP contribution in [0.1, 0.15) is 47.1 Å². The SMILES string of the molecule is Cc1cc(/C(O)=C2/C(=O)C(=O)N(c3ccc(C(=O)OC(C)C)cc3)C2c2ccccn2)ccc1F. The second-order valence-corrected chi connectivity index (χ2v) is 8.39. The zero-order valence-corrected chi connectivity index (χ0v) is 19.4. The molecule has 1 amide bonds. The van der Waals surface area contributed by atoms with Gasteiger partial charge in [0, 0.05) is 17.4 Å². The molecule has 1 aliphatic rings. The van der Waals surface area contributed by atoms with Crippen LogP contribution in [0.25, 0.3) is 5.76 Å². The minimum absolute atomic E-state index is 0.164. The van der Waals surface area contributed by atoms with Gasteiger partial charge >= 0.3 is 5.97 Å². The van der Waals surface area contributed by atoms with E-state index in [1.807, 2.05) is 0 Å². The number of amides is 1. The molecule has 0 bridgehead atoms. The van der Waals surface area contributed by atoms with Crippen molar-refractivity contribution < 1.29 is 28.6 Å². The molecule has 178 valence electrons. The quantitative estimate of drug-likeness (QED) is 0.249. The number of ketones is 1. The van der Waals surface area contributed by atoms with E-state index in [1.54, 1.807) is 32.0 Å². The van der Waals surface area contributed by atoms with Gasteiger partial charge in [0.15, 0.2) is 0 Å². The van der Waals surface area contributed by atoms with Crippen LogP contribution in [0.5, 0.6) is 0 Å². The molecule has 7 nitrogen and oxygen atoms in total. The number of aliphatic hydroxyl groups excluding tert-OH is 1. The smallest absolute Gasteiger partial charge is 0.338 e. The molecule has 2 heterocycles. The van der Waals surface area contributed by atoms with E-state index in [9.17, 15) is 23.9 Å². The predicted octanol–water partition coefficient (Wildman–Crippen LogP) is 4.72. The van der Waals surface area contributed by atoms with Crippen LogP contribution in [0, 0.1) is 12.7 Å². The number of hydrogen-bond donors (Lipinski definition) is 1. The van der Waals surface area contributed by atoms with Gasteiger partial charge in [0.1, 0.15) is 17.6 Å². The van der Waals surface area contributed by atoms with Crippen molar-refractivity contribution in [3.63, 3.8) is 0 Å². The summed E-state index contributed by atoms with van der Waals surface area (Å²) in [5, 5.41) is 11.1. The van der Waals surface area contributed by atoms with E-state index in [2.05, 4.69) is 4.98 Å². The van der Waals surface area contributed by atoms with E-state index >= 15 is 0 Å². The van der Waals surface area contributed by atoms with Crippen LogP contribution in [0.2, 0.25) is 0 Å². The van der Waals surface area contributed by atoms with Gasteiger partial charge in [0.05, 0.1) is 22.9 Å². The van der Waals surface area contributed by atoms with E-state index in [0.717, 1.165) is 0 Å². The van der Waals surface area contributed by atoms with Gasteiger partial charge in [0.25, 0.3) is 11.7 Å². The molecule has 1 aromatic heterocycles. The minimum Gasteiger partial charge on any atom is -0.507 e. The number of ether oxygens (including phenoxy) is 1. The Labute approximate surface area is 201 Å². The van der Waals surface area contributed by atoms with Crippen LogP contribution in [-0.2, 0) is 14.3 Å². The fourth-order valence-electron chi connectivity index (χ4n) is 3.90. The minimum atomic E-state index is -1.03. The molecule has 0 radical (unpaired) electrons. The molecular weight excluding hydrogens is 451 g/mol. The maximum atomic E-state index is 13.8. The highest BCUT2D eigenvalue weighted by Gasteiger charge is 2.47. The van der Waals surface area contributed by atoms with Crippen molar-refractivity contribution in [2.24, 2.45) is 0 Å². The number of aryl methyl sites for hydroxylation is 1. The molecule has 1 saturated heterocycles. The van der Waals surface area contributed by atoms with Crippen LogP contribution in [0.3, 0.4) is 0 Å². The number of pyridine rings is 1. The van der Waals surface area contributed by atoms with Crippen LogP contribution in [-0.4, -0.2) is 33.9 Å². The first-order chi connectivity index (χ1) is 16.7. The van der Waals surface area contributed by atoms with Crippen molar-refractivity contribution >= 4 is 29.1 Å². The molecular formula is C27H23FN2O5. The van der Waals surface area contributed by atoms with E-state index in [-0.39, 0.29) is 28.4 Å². The molecule has 2 aromatic carbocycles. The van der Waals surface area contributed by atoms with Crippen molar-refractivity contribution in [3.8, 4) is 0 Å². The van der Waals surface area contributed by atoms with E-state index in [1.165, 1.54) is 60.5 Å². The summed E-state index contributed by atoms with van der Waals surface area (Å²) in [5.41, 5.74) is 1.29. The Balaban J connectivity index is 1.83. The molecule has 1 N–H and O–H groups in total. The Morgan fingerprint density at radius 2 is 1.74 bits per heavy atom. The molecule has 3 aromatic rings. The number of carbonyl (C=O) groups is 3. The second kappa shape index (κ2) is 9.50. The number of esters is 1. The molecule has 4 rings (SSSR count). The Hall–Kier alpha value is -4.33. The molecule has 1 unspecified atom stereocenters. The molecule has 8 heteroatoms. The van der Waals surface area contributed by atoms with Crippen LogP contribution >= 0.6 is 0 Å². The summed E-state index contributed by atoms with van der Waals surface area (Å²) in [6, 6.07) is 14.0. The third-order valence-corrected chi connectivity index (χ3v) is 5.57. The fourth-order valence-corrected chi connectivity index (χ4v) is 3.90. The highest BCUT2D eigenvalue weighted by molar-refractivity contribution is 6.51. The number of aromatic nitrogens is 1. The number of aliphatic hydroxyl groups is 1. The average Bonchev–Trinajstić information content (AvgIpc) is 3.11.